The molecule has 0 unspecified atom stereocenters. The van der Waals surface area contributed by atoms with E-state index in [4.69, 9.17) is 25.7 Å². The topological polar surface area (TPSA) is 68.5 Å². The highest BCUT2D eigenvalue weighted by Crippen LogP contribution is 2.35. The first-order valence-electron chi connectivity index (χ1n) is 10.6. The van der Waals surface area contributed by atoms with Crippen LogP contribution in [0.25, 0.3) is 22.4 Å². The number of anilines is 1. The summed E-state index contributed by atoms with van der Waals surface area (Å²) in [7, 11) is 3.35. The van der Waals surface area contributed by atoms with Gasteiger partial charge in [-0.05, 0) is 42.3 Å². The number of pyridine rings is 1. The molecule has 1 amide bonds. The van der Waals surface area contributed by atoms with E-state index in [0.717, 1.165) is 28.1 Å². The molecule has 0 fully saturated rings. The zero-order chi connectivity index (χ0) is 23.4. The Labute approximate surface area is 201 Å². The maximum Gasteiger partial charge on any atom is 0.232 e. The fourth-order valence-electron chi connectivity index (χ4n) is 3.56. The molecule has 0 saturated heterocycles. The Morgan fingerprint density at radius 3 is 2.73 bits per heavy atom. The molecule has 0 spiro atoms. The van der Waals surface area contributed by atoms with Crippen molar-refractivity contribution in [2.24, 2.45) is 5.92 Å². The SMILES string of the molecule is CC[C@H](Cc1ccco1)C(=O)N(C)c1nc(-c2cc(-c3ccc(OC)nc3)ccc2Cl)cs1. The van der Waals surface area contributed by atoms with Crippen molar-refractivity contribution in [2.75, 3.05) is 19.1 Å². The summed E-state index contributed by atoms with van der Waals surface area (Å²) in [5, 5.41) is 3.14. The smallest absolute Gasteiger partial charge is 0.232 e. The minimum absolute atomic E-state index is 0.0129. The van der Waals surface area contributed by atoms with Gasteiger partial charge in [0.1, 0.15) is 5.76 Å². The summed E-state index contributed by atoms with van der Waals surface area (Å²) in [5.74, 6) is 1.20. The monoisotopic (exact) mass is 481 g/mol. The molecule has 0 bridgehead atoms. The number of benzene rings is 1. The van der Waals surface area contributed by atoms with Gasteiger partial charge in [-0.3, -0.25) is 9.69 Å². The van der Waals surface area contributed by atoms with E-state index in [2.05, 4.69) is 4.98 Å². The van der Waals surface area contributed by atoms with Crippen LogP contribution in [0.3, 0.4) is 0 Å². The largest absolute Gasteiger partial charge is 0.481 e. The molecule has 170 valence electrons. The van der Waals surface area contributed by atoms with Gasteiger partial charge >= 0.3 is 0 Å². The van der Waals surface area contributed by atoms with Gasteiger partial charge in [-0.15, -0.1) is 11.3 Å². The van der Waals surface area contributed by atoms with Gasteiger partial charge in [-0.25, -0.2) is 9.97 Å². The number of hydrogen-bond donors (Lipinski definition) is 0. The molecule has 8 heteroatoms. The maximum atomic E-state index is 13.1. The second-order valence-electron chi connectivity index (χ2n) is 7.59. The van der Waals surface area contributed by atoms with E-state index in [-0.39, 0.29) is 11.8 Å². The minimum atomic E-state index is -0.178. The van der Waals surface area contributed by atoms with Crippen LogP contribution in [-0.2, 0) is 11.2 Å². The van der Waals surface area contributed by atoms with Gasteiger partial charge in [-0.1, -0.05) is 24.6 Å². The summed E-state index contributed by atoms with van der Waals surface area (Å²) in [4.78, 5) is 23.7. The van der Waals surface area contributed by atoms with Crippen LogP contribution in [0.1, 0.15) is 19.1 Å². The molecule has 4 rings (SSSR count). The second-order valence-corrected chi connectivity index (χ2v) is 8.83. The average Bonchev–Trinajstić information content (AvgIpc) is 3.54. The van der Waals surface area contributed by atoms with Crippen molar-refractivity contribution in [3.05, 3.63) is 71.1 Å². The number of aromatic nitrogens is 2. The second kappa shape index (κ2) is 10.2. The van der Waals surface area contributed by atoms with Gasteiger partial charge in [-0.2, -0.15) is 0 Å². The Balaban J connectivity index is 1.56. The molecule has 0 N–H and O–H groups in total. The van der Waals surface area contributed by atoms with Crippen molar-refractivity contribution in [3.8, 4) is 28.3 Å². The van der Waals surface area contributed by atoms with E-state index >= 15 is 0 Å². The Hall–Kier alpha value is -3.16. The Kier molecular flexibility index (Phi) is 7.11. The maximum absolute atomic E-state index is 13.1. The number of halogens is 1. The Morgan fingerprint density at radius 2 is 2.06 bits per heavy atom. The molecule has 3 aromatic heterocycles. The summed E-state index contributed by atoms with van der Waals surface area (Å²) < 4.78 is 10.6. The first-order valence-corrected chi connectivity index (χ1v) is 11.8. The number of hydrogen-bond acceptors (Lipinski definition) is 6. The van der Waals surface area contributed by atoms with Crippen molar-refractivity contribution in [2.45, 2.75) is 19.8 Å². The third-order valence-corrected chi connectivity index (χ3v) is 6.75. The highest BCUT2D eigenvalue weighted by atomic mass is 35.5. The van der Waals surface area contributed by atoms with Gasteiger partial charge in [0.2, 0.25) is 11.8 Å². The van der Waals surface area contributed by atoms with Crippen LogP contribution in [0.4, 0.5) is 5.13 Å². The van der Waals surface area contributed by atoms with Crippen LogP contribution < -0.4 is 9.64 Å². The lowest BCUT2D eigenvalue weighted by atomic mass is 9.99. The molecule has 33 heavy (non-hydrogen) atoms. The third-order valence-electron chi connectivity index (χ3n) is 5.50. The molecule has 0 aliphatic rings. The lowest BCUT2D eigenvalue weighted by molar-refractivity contribution is -0.122. The molecule has 1 atom stereocenters. The molecule has 1 aromatic carbocycles. The average molecular weight is 482 g/mol. The number of rotatable bonds is 8. The normalized spacial score (nSPS) is 11.9. The summed E-state index contributed by atoms with van der Waals surface area (Å²) in [6.07, 6.45) is 4.67. The first-order chi connectivity index (χ1) is 16.0. The van der Waals surface area contributed by atoms with Crippen LogP contribution in [-0.4, -0.2) is 30.0 Å². The number of nitrogens with zero attached hydrogens (tertiary/aromatic N) is 3. The van der Waals surface area contributed by atoms with E-state index < -0.39 is 0 Å². The van der Waals surface area contributed by atoms with Crippen molar-refractivity contribution in [1.82, 2.24) is 9.97 Å². The van der Waals surface area contributed by atoms with Crippen LogP contribution in [0.2, 0.25) is 5.02 Å². The summed E-state index contributed by atoms with van der Waals surface area (Å²) in [6, 6.07) is 13.3. The van der Waals surface area contributed by atoms with Crippen LogP contribution >= 0.6 is 22.9 Å². The van der Waals surface area contributed by atoms with Crippen LogP contribution in [0.5, 0.6) is 5.88 Å². The standard InChI is InChI=1S/C25H24ClN3O3S/c1-4-16(12-19-6-5-11-32-19)24(30)29(2)25-28-22(15-33-25)20-13-17(7-9-21(20)26)18-8-10-23(31-3)27-14-18/h5-11,13-16H,4,12H2,1-3H3/t16-/m1/s1. The number of ether oxygens (including phenoxy) is 1. The molecule has 3 heterocycles. The highest BCUT2D eigenvalue weighted by molar-refractivity contribution is 7.14. The van der Waals surface area contributed by atoms with Gasteiger partial charge in [0.25, 0.3) is 0 Å². The van der Waals surface area contributed by atoms with E-state index in [1.165, 1.54) is 11.3 Å². The molecular formula is C25H24ClN3O3S. The summed E-state index contributed by atoms with van der Waals surface area (Å²) in [5.41, 5.74) is 3.44. The van der Waals surface area contributed by atoms with Gasteiger partial charge in [0, 0.05) is 48.2 Å². The number of carbonyl (C=O) groups excluding carboxylic acids is 1. The Morgan fingerprint density at radius 1 is 1.24 bits per heavy atom. The number of furan rings is 1. The van der Waals surface area contributed by atoms with E-state index in [1.54, 1.807) is 31.5 Å². The third kappa shape index (κ3) is 5.10. The predicted octanol–water partition coefficient (Wildman–Crippen LogP) is 6.36. The number of amides is 1. The highest BCUT2D eigenvalue weighted by Gasteiger charge is 2.25. The quantitative estimate of drug-likeness (QED) is 0.293. The molecule has 0 saturated carbocycles. The summed E-state index contributed by atoms with van der Waals surface area (Å²) in [6.45, 7) is 2.01. The number of thiazole rings is 1. The lowest BCUT2D eigenvalue weighted by Crippen LogP contribution is -2.33. The molecule has 0 aliphatic carbocycles. The van der Waals surface area contributed by atoms with Crippen molar-refractivity contribution >= 4 is 34.0 Å². The van der Waals surface area contributed by atoms with Crippen LogP contribution in [0, 0.1) is 5.92 Å². The molecule has 6 nitrogen and oxygen atoms in total. The van der Waals surface area contributed by atoms with Crippen LogP contribution in [0.15, 0.2) is 64.7 Å². The van der Waals surface area contributed by atoms with Gasteiger partial charge < -0.3 is 9.15 Å². The zero-order valence-corrected chi connectivity index (χ0v) is 20.2. The van der Waals surface area contributed by atoms with E-state index in [1.807, 2.05) is 54.8 Å². The van der Waals surface area contributed by atoms with Crippen molar-refractivity contribution in [1.29, 1.82) is 0 Å². The summed E-state index contributed by atoms with van der Waals surface area (Å²) >= 11 is 7.92. The van der Waals surface area contributed by atoms with E-state index in [9.17, 15) is 4.79 Å². The van der Waals surface area contributed by atoms with Crippen molar-refractivity contribution in [3.63, 3.8) is 0 Å². The zero-order valence-electron chi connectivity index (χ0n) is 18.6. The fourth-order valence-corrected chi connectivity index (χ4v) is 4.57. The first kappa shape index (κ1) is 23.0. The molecule has 0 aliphatic heterocycles. The van der Waals surface area contributed by atoms with Gasteiger partial charge in [0.15, 0.2) is 5.13 Å². The molecule has 0 radical (unpaired) electrons. The molecular weight excluding hydrogens is 458 g/mol. The van der Waals surface area contributed by atoms with Crippen molar-refractivity contribution < 1.29 is 13.9 Å². The predicted molar refractivity (Wildman–Crippen MR) is 132 cm³/mol. The lowest BCUT2D eigenvalue weighted by Gasteiger charge is -2.20. The van der Waals surface area contributed by atoms with Gasteiger partial charge in [0.05, 0.1) is 24.1 Å². The number of methoxy groups -OCH3 is 1. The minimum Gasteiger partial charge on any atom is -0.481 e. The van der Waals surface area contributed by atoms with E-state index in [0.29, 0.717) is 28.9 Å². The fraction of sp³-hybridized carbons (Fsp3) is 0.240. The number of carbonyl (C=O) groups is 1. The molecule has 4 aromatic rings. The Bertz CT molecular complexity index is 1220.